The molecule has 0 spiro atoms. The van der Waals surface area contributed by atoms with Gasteiger partial charge in [-0.05, 0) is 41.2 Å². The molecule has 8 heteroatoms. The lowest BCUT2D eigenvalue weighted by Crippen LogP contribution is -2.46. The molecule has 30 heavy (non-hydrogen) atoms. The van der Waals surface area contributed by atoms with Crippen LogP contribution in [0.2, 0.25) is 0 Å². The van der Waals surface area contributed by atoms with E-state index in [1.807, 2.05) is 41.1 Å². The molecule has 0 saturated carbocycles. The molecule has 158 valence electrons. The summed E-state index contributed by atoms with van der Waals surface area (Å²) in [6, 6.07) is 16.0. The van der Waals surface area contributed by atoms with E-state index in [4.69, 9.17) is 9.47 Å². The summed E-state index contributed by atoms with van der Waals surface area (Å²) in [4.78, 5) is 4.76. The van der Waals surface area contributed by atoms with Gasteiger partial charge in [-0.25, -0.2) is 4.68 Å². The minimum atomic E-state index is -0.137. The van der Waals surface area contributed by atoms with Crippen molar-refractivity contribution in [3.05, 3.63) is 65.5 Å². The molecule has 0 N–H and O–H groups in total. The average Bonchev–Trinajstić information content (AvgIpc) is 3.23. The Labute approximate surface area is 177 Å². The summed E-state index contributed by atoms with van der Waals surface area (Å²) in [5.41, 5.74) is 2.16. The number of ether oxygens (including phenoxy) is 2. The van der Waals surface area contributed by atoms with E-state index >= 15 is 0 Å². The van der Waals surface area contributed by atoms with Crippen LogP contribution in [0.1, 0.15) is 23.0 Å². The number of likely N-dealkylation sites (N-methyl/N-ethyl adjacent to an activating group) is 1. The summed E-state index contributed by atoms with van der Waals surface area (Å²) in [7, 11) is 5.52. The molecule has 0 amide bonds. The van der Waals surface area contributed by atoms with Crippen molar-refractivity contribution >= 4 is 0 Å². The Hall–Kier alpha value is -2.97. The number of benzene rings is 2. The Morgan fingerprint density at radius 3 is 2.43 bits per heavy atom. The lowest BCUT2D eigenvalue weighted by molar-refractivity contribution is 0.120. The molecule has 0 radical (unpaired) electrons. The van der Waals surface area contributed by atoms with Gasteiger partial charge in [0, 0.05) is 31.7 Å². The SMILES string of the molecule is COc1ccc(OC)c([C@H](c2nnnn2Cc2ccccc2)N2CCN(C)CC2)c1. The summed E-state index contributed by atoms with van der Waals surface area (Å²) >= 11 is 0. The molecule has 3 aromatic rings. The van der Waals surface area contributed by atoms with E-state index in [0.717, 1.165) is 54.6 Å². The number of aromatic nitrogens is 4. The first-order chi connectivity index (χ1) is 14.7. The predicted octanol–water partition coefficient (Wildman–Crippen LogP) is 2.08. The molecule has 0 bridgehead atoms. The van der Waals surface area contributed by atoms with Crippen molar-refractivity contribution in [3.63, 3.8) is 0 Å². The third-order valence-corrected chi connectivity index (χ3v) is 5.61. The lowest BCUT2D eigenvalue weighted by atomic mass is 10.0. The second-order valence-electron chi connectivity index (χ2n) is 7.53. The standard InChI is InChI=1S/C22H28N6O2/c1-26-11-13-27(14-12-26)21(19-15-18(29-2)9-10-20(19)30-3)22-23-24-25-28(22)16-17-7-5-4-6-8-17/h4-10,15,21H,11-14,16H2,1-3H3/t21-/m1/s1. The van der Waals surface area contributed by atoms with Crippen molar-refractivity contribution in [3.8, 4) is 11.5 Å². The van der Waals surface area contributed by atoms with E-state index in [1.165, 1.54) is 0 Å². The van der Waals surface area contributed by atoms with Crippen molar-refractivity contribution in [1.29, 1.82) is 0 Å². The molecule has 0 aliphatic carbocycles. The molecular weight excluding hydrogens is 380 g/mol. The Balaban J connectivity index is 1.77. The van der Waals surface area contributed by atoms with Crippen LogP contribution < -0.4 is 9.47 Å². The van der Waals surface area contributed by atoms with Crippen molar-refractivity contribution in [2.45, 2.75) is 12.6 Å². The van der Waals surface area contributed by atoms with Gasteiger partial charge in [0.05, 0.1) is 20.8 Å². The summed E-state index contributed by atoms with van der Waals surface area (Å²) in [5, 5.41) is 12.8. The van der Waals surface area contributed by atoms with Crippen LogP contribution in [0.3, 0.4) is 0 Å². The Bertz CT molecular complexity index is 953. The van der Waals surface area contributed by atoms with E-state index in [2.05, 4.69) is 44.5 Å². The van der Waals surface area contributed by atoms with E-state index < -0.39 is 0 Å². The predicted molar refractivity (Wildman–Crippen MR) is 114 cm³/mol. The fourth-order valence-electron chi connectivity index (χ4n) is 3.91. The topological polar surface area (TPSA) is 68.5 Å². The third-order valence-electron chi connectivity index (χ3n) is 5.61. The van der Waals surface area contributed by atoms with Gasteiger partial charge in [-0.1, -0.05) is 30.3 Å². The maximum Gasteiger partial charge on any atom is 0.173 e. The molecule has 1 aliphatic heterocycles. The summed E-state index contributed by atoms with van der Waals surface area (Å²) < 4.78 is 13.1. The van der Waals surface area contributed by atoms with Gasteiger partial charge in [-0.3, -0.25) is 4.90 Å². The lowest BCUT2D eigenvalue weighted by Gasteiger charge is -2.37. The zero-order valence-electron chi connectivity index (χ0n) is 17.7. The summed E-state index contributed by atoms with van der Waals surface area (Å²) in [6.45, 7) is 4.42. The van der Waals surface area contributed by atoms with Crippen LogP contribution in [0.15, 0.2) is 48.5 Å². The highest BCUT2D eigenvalue weighted by atomic mass is 16.5. The highest BCUT2D eigenvalue weighted by Crippen LogP contribution is 2.36. The van der Waals surface area contributed by atoms with E-state index in [9.17, 15) is 0 Å². The molecule has 8 nitrogen and oxygen atoms in total. The van der Waals surface area contributed by atoms with Crippen LogP contribution in [0.4, 0.5) is 0 Å². The zero-order valence-corrected chi connectivity index (χ0v) is 17.7. The van der Waals surface area contributed by atoms with Gasteiger partial charge >= 0.3 is 0 Å². The van der Waals surface area contributed by atoms with Crippen molar-refractivity contribution in [2.24, 2.45) is 0 Å². The minimum Gasteiger partial charge on any atom is -0.497 e. The van der Waals surface area contributed by atoms with Crippen LogP contribution in [0.5, 0.6) is 11.5 Å². The molecule has 4 rings (SSSR count). The molecule has 2 aromatic carbocycles. The van der Waals surface area contributed by atoms with Crippen LogP contribution in [-0.4, -0.2) is 77.5 Å². The molecule has 1 aliphatic rings. The van der Waals surface area contributed by atoms with Crippen molar-refractivity contribution in [2.75, 3.05) is 47.4 Å². The van der Waals surface area contributed by atoms with Gasteiger partial charge in [-0.2, -0.15) is 0 Å². The van der Waals surface area contributed by atoms with Crippen molar-refractivity contribution in [1.82, 2.24) is 30.0 Å². The van der Waals surface area contributed by atoms with Crippen molar-refractivity contribution < 1.29 is 9.47 Å². The van der Waals surface area contributed by atoms with Gasteiger partial charge in [0.1, 0.15) is 17.5 Å². The number of hydrogen-bond acceptors (Lipinski definition) is 7. The second kappa shape index (κ2) is 9.23. The maximum absolute atomic E-state index is 5.72. The van der Waals surface area contributed by atoms with Crippen LogP contribution in [0, 0.1) is 0 Å². The normalized spacial score (nSPS) is 16.4. The van der Waals surface area contributed by atoms with E-state index in [1.54, 1.807) is 14.2 Å². The number of piperazine rings is 1. The van der Waals surface area contributed by atoms with Gasteiger partial charge in [0.2, 0.25) is 0 Å². The van der Waals surface area contributed by atoms with Gasteiger partial charge < -0.3 is 14.4 Å². The zero-order chi connectivity index (χ0) is 20.9. The minimum absolute atomic E-state index is 0.137. The molecule has 1 aromatic heterocycles. The van der Waals surface area contributed by atoms with Crippen LogP contribution in [-0.2, 0) is 6.54 Å². The van der Waals surface area contributed by atoms with Crippen LogP contribution in [0.25, 0.3) is 0 Å². The second-order valence-corrected chi connectivity index (χ2v) is 7.53. The first-order valence-electron chi connectivity index (χ1n) is 10.1. The number of hydrogen-bond donors (Lipinski definition) is 0. The highest BCUT2D eigenvalue weighted by Gasteiger charge is 2.32. The van der Waals surface area contributed by atoms with E-state index in [-0.39, 0.29) is 6.04 Å². The first-order valence-corrected chi connectivity index (χ1v) is 10.1. The largest absolute Gasteiger partial charge is 0.497 e. The summed E-state index contributed by atoms with van der Waals surface area (Å²) in [5.74, 6) is 2.39. The monoisotopic (exact) mass is 408 g/mol. The van der Waals surface area contributed by atoms with E-state index in [0.29, 0.717) is 6.54 Å². The summed E-state index contributed by atoms with van der Waals surface area (Å²) in [6.07, 6.45) is 0. The Morgan fingerprint density at radius 1 is 0.967 bits per heavy atom. The Kier molecular flexibility index (Phi) is 6.25. The number of nitrogens with zero attached hydrogens (tertiary/aromatic N) is 6. The van der Waals surface area contributed by atoms with Gasteiger partial charge in [0.15, 0.2) is 5.82 Å². The molecular formula is C22H28N6O2. The molecule has 1 saturated heterocycles. The van der Waals surface area contributed by atoms with Crippen LogP contribution >= 0.6 is 0 Å². The maximum atomic E-state index is 5.72. The molecule has 0 unspecified atom stereocenters. The first kappa shape index (κ1) is 20.3. The third kappa shape index (κ3) is 4.29. The van der Waals surface area contributed by atoms with Gasteiger partial charge in [0.25, 0.3) is 0 Å². The quantitative estimate of drug-likeness (QED) is 0.593. The highest BCUT2D eigenvalue weighted by molar-refractivity contribution is 5.44. The fourth-order valence-corrected chi connectivity index (χ4v) is 3.91. The average molecular weight is 409 g/mol. The number of rotatable bonds is 7. The van der Waals surface area contributed by atoms with Gasteiger partial charge in [-0.15, -0.1) is 5.10 Å². The number of methoxy groups -OCH3 is 2. The molecule has 1 fully saturated rings. The molecule has 1 atom stereocenters. The fraction of sp³-hybridized carbons (Fsp3) is 0.409. The Morgan fingerprint density at radius 2 is 1.73 bits per heavy atom. The molecule has 2 heterocycles. The smallest absolute Gasteiger partial charge is 0.173 e. The number of tetrazole rings is 1.